The van der Waals surface area contributed by atoms with E-state index in [9.17, 15) is 14.9 Å². The van der Waals surface area contributed by atoms with Gasteiger partial charge in [0.15, 0.2) is 5.78 Å². The molecular weight excluding hydrogens is 318 g/mol. The lowest BCUT2D eigenvalue weighted by atomic mass is 9.86. The molecule has 0 spiro atoms. The van der Waals surface area contributed by atoms with Gasteiger partial charge < -0.3 is 4.74 Å². The first-order chi connectivity index (χ1) is 12.0. The minimum atomic E-state index is -0.370. The standard InChI is InChI=1S/C20H19NO4/c1-3-14-5-4-13(11-19(14)21(23)24)10-16-7-6-15-12-17(25-2)8-9-18(15)20(16)22/h4-5,8-12H,3,6-7H2,1-2H3. The maximum atomic E-state index is 12.7. The molecule has 1 aliphatic rings. The van der Waals surface area contributed by atoms with Gasteiger partial charge in [0.25, 0.3) is 5.69 Å². The molecule has 0 saturated heterocycles. The summed E-state index contributed by atoms with van der Waals surface area (Å²) in [5, 5.41) is 11.2. The molecule has 0 amide bonds. The van der Waals surface area contributed by atoms with Crippen molar-refractivity contribution in [3.8, 4) is 5.75 Å². The van der Waals surface area contributed by atoms with Crippen molar-refractivity contribution in [1.82, 2.24) is 0 Å². The summed E-state index contributed by atoms with van der Waals surface area (Å²) in [4.78, 5) is 23.6. The van der Waals surface area contributed by atoms with Crippen LogP contribution in [0.1, 0.15) is 40.4 Å². The van der Waals surface area contributed by atoms with Crippen molar-refractivity contribution in [1.29, 1.82) is 0 Å². The summed E-state index contributed by atoms with van der Waals surface area (Å²) in [5.74, 6) is 0.718. The predicted octanol–water partition coefficient (Wildman–Crippen LogP) is 4.38. The first kappa shape index (κ1) is 16.9. The zero-order valence-corrected chi connectivity index (χ0v) is 14.2. The highest BCUT2D eigenvalue weighted by Crippen LogP contribution is 2.30. The molecule has 2 aromatic rings. The van der Waals surface area contributed by atoms with Crippen molar-refractivity contribution >= 4 is 17.5 Å². The summed E-state index contributed by atoms with van der Waals surface area (Å²) in [6, 6.07) is 10.6. The van der Waals surface area contributed by atoms with E-state index in [2.05, 4.69) is 0 Å². The van der Waals surface area contributed by atoms with Crippen LogP contribution in [0.25, 0.3) is 6.08 Å². The van der Waals surface area contributed by atoms with Gasteiger partial charge in [0.05, 0.1) is 12.0 Å². The lowest BCUT2D eigenvalue weighted by molar-refractivity contribution is -0.385. The molecule has 0 atom stereocenters. The number of hydrogen-bond acceptors (Lipinski definition) is 4. The number of carbonyl (C=O) groups is 1. The Labute approximate surface area is 146 Å². The third-order valence-electron chi connectivity index (χ3n) is 4.54. The fourth-order valence-corrected chi connectivity index (χ4v) is 3.16. The number of rotatable bonds is 4. The van der Waals surface area contributed by atoms with E-state index in [0.717, 1.165) is 17.7 Å². The molecule has 0 aromatic heterocycles. The smallest absolute Gasteiger partial charge is 0.273 e. The molecule has 5 heteroatoms. The second-order valence-corrected chi connectivity index (χ2v) is 6.02. The van der Waals surface area contributed by atoms with Crippen LogP contribution in [0.2, 0.25) is 0 Å². The Morgan fingerprint density at radius 2 is 2.00 bits per heavy atom. The third-order valence-corrected chi connectivity index (χ3v) is 4.54. The fraction of sp³-hybridized carbons (Fsp3) is 0.250. The molecule has 0 bridgehead atoms. The van der Waals surface area contributed by atoms with Gasteiger partial charge in [-0.25, -0.2) is 0 Å². The molecule has 0 fully saturated rings. The van der Waals surface area contributed by atoms with Crippen LogP contribution in [-0.4, -0.2) is 17.8 Å². The normalized spacial score (nSPS) is 15.1. The summed E-state index contributed by atoms with van der Waals surface area (Å²) < 4.78 is 5.21. The zero-order chi connectivity index (χ0) is 18.0. The van der Waals surface area contributed by atoms with Gasteiger partial charge in [-0.1, -0.05) is 19.1 Å². The molecule has 128 valence electrons. The van der Waals surface area contributed by atoms with Crippen molar-refractivity contribution in [2.75, 3.05) is 7.11 Å². The fourth-order valence-electron chi connectivity index (χ4n) is 3.16. The van der Waals surface area contributed by atoms with Crippen LogP contribution >= 0.6 is 0 Å². The minimum absolute atomic E-state index is 0.0221. The van der Waals surface area contributed by atoms with Gasteiger partial charge in [-0.3, -0.25) is 14.9 Å². The number of aryl methyl sites for hydroxylation is 2. The Kier molecular flexibility index (Phi) is 4.65. The highest BCUT2D eigenvalue weighted by atomic mass is 16.6. The SMILES string of the molecule is CCc1ccc(C=C2CCc3cc(OC)ccc3C2=O)cc1[N+](=O)[O-]. The Morgan fingerprint density at radius 1 is 1.20 bits per heavy atom. The largest absolute Gasteiger partial charge is 0.497 e. The van der Waals surface area contributed by atoms with Crippen LogP contribution in [0.4, 0.5) is 5.69 Å². The van der Waals surface area contributed by atoms with E-state index in [-0.39, 0.29) is 16.4 Å². The number of allylic oxidation sites excluding steroid dienone is 1. The van der Waals surface area contributed by atoms with E-state index in [1.165, 1.54) is 0 Å². The molecule has 0 aliphatic heterocycles. The number of benzene rings is 2. The molecule has 0 N–H and O–H groups in total. The van der Waals surface area contributed by atoms with Crippen LogP contribution in [0.5, 0.6) is 5.75 Å². The molecule has 5 nitrogen and oxygen atoms in total. The van der Waals surface area contributed by atoms with Crippen LogP contribution in [0, 0.1) is 10.1 Å². The van der Waals surface area contributed by atoms with Crippen molar-refractivity contribution < 1.29 is 14.5 Å². The molecule has 0 radical (unpaired) electrons. The number of nitro benzene ring substituents is 1. The monoisotopic (exact) mass is 337 g/mol. The van der Waals surface area contributed by atoms with E-state index < -0.39 is 0 Å². The van der Waals surface area contributed by atoms with Crippen molar-refractivity contribution in [3.63, 3.8) is 0 Å². The topological polar surface area (TPSA) is 69.4 Å². The van der Waals surface area contributed by atoms with E-state index in [1.807, 2.05) is 19.1 Å². The predicted molar refractivity (Wildman–Crippen MR) is 96.1 cm³/mol. The number of carbonyl (C=O) groups excluding carboxylic acids is 1. The van der Waals surface area contributed by atoms with Crippen molar-refractivity contribution in [3.05, 3.63) is 74.3 Å². The van der Waals surface area contributed by atoms with Crippen LogP contribution in [-0.2, 0) is 12.8 Å². The summed E-state index contributed by atoms with van der Waals surface area (Å²) >= 11 is 0. The Balaban J connectivity index is 1.96. The number of nitrogens with zero attached hydrogens (tertiary/aromatic N) is 1. The quantitative estimate of drug-likeness (QED) is 0.472. The van der Waals surface area contributed by atoms with Gasteiger partial charge in [-0.2, -0.15) is 0 Å². The lowest BCUT2D eigenvalue weighted by Gasteiger charge is -2.18. The summed E-state index contributed by atoms with van der Waals surface area (Å²) in [6.45, 7) is 1.89. The summed E-state index contributed by atoms with van der Waals surface area (Å²) in [6.07, 6.45) is 3.73. The third kappa shape index (κ3) is 3.31. The zero-order valence-electron chi connectivity index (χ0n) is 14.2. The van der Waals surface area contributed by atoms with Gasteiger partial charge in [0.2, 0.25) is 0 Å². The second-order valence-electron chi connectivity index (χ2n) is 6.02. The van der Waals surface area contributed by atoms with E-state index in [0.29, 0.717) is 35.1 Å². The van der Waals surface area contributed by atoms with Crippen molar-refractivity contribution in [2.45, 2.75) is 26.2 Å². The highest BCUT2D eigenvalue weighted by Gasteiger charge is 2.22. The van der Waals surface area contributed by atoms with E-state index >= 15 is 0 Å². The lowest BCUT2D eigenvalue weighted by Crippen LogP contribution is -2.14. The van der Waals surface area contributed by atoms with E-state index in [1.54, 1.807) is 37.5 Å². The number of nitro groups is 1. The second kappa shape index (κ2) is 6.89. The molecule has 25 heavy (non-hydrogen) atoms. The van der Waals surface area contributed by atoms with Crippen LogP contribution in [0.15, 0.2) is 42.0 Å². The molecule has 2 aromatic carbocycles. The van der Waals surface area contributed by atoms with Crippen LogP contribution < -0.4 is 4.74 Å². The van der Waals surface area contributed by atoms with Gasteiger partial charge in [-0.15, -0.1) is 0 Å². The Bertz CT molecular complexity index is 883. The Morgan fingerprint density at radius 3 is 2.68 bits per heavy atom. The molecule has 0 saturated carbocycles. The minimum Gasteiger partial charge on any atom is -0.497 e. The molecule has 1 aliphatic carbocycles. The van der Waals surface area contributed by atoms with Gasteiger partial charge in [-0.05, 0) is 54.7 Å². The van der Waals surface area contributed by atoms with Gasteiger partial charge in [0, 0.05) is 22.8 Å². The average molecular weight is 337 g/mol. The van der Waals surface area contributed by atoms with E-state index in [4.69, 9.17) is 4.74 Å². The number of ketones is 1. The summed E-state index contributed by atoms with van der Waals surface area (Å²) in [7, 11) is 1.60. The first-order valence-corrected chi connectivity index (χ1v) is 8.23. The number of hydrogen-bond donors (Lipinski definition) is 0. The van der Waals surface area contributed by atoms with Gasteiger partial charge >= 0.3 is 0 Å². The molecule has 3 rings (SSSR count). The van der Waals surface area contributed by atoms with Crippen molar-refractivity contribution in [2.24, 2.45) is 0 Å². The number of methoxy groups -OCH3 is 1. The number of Topliss-reactive ketones (excluding diaryl/α,β-unsaturated/α-hetero) is 1. The number of ether oxygens (including phenoxy) is 1. The molecular formula is C20H19NO4. The summed E-state index contributed by atoms with van der Waals surface area (Å²) in [5.41, 5.74) is 3.82. The maximum absolute atomic E-state index is 12.7. The first-order valence-electron chi connectivity index (χ1n) is 8.23. The molecule has 0 heterocycles. The maximum Gasteiger partial charge on any atom is 0.273 e. The highest BCUT2D eigenvalue weighted by molar-refractivity contribution is 6.13. The van der Waals surface area contributed by atoms with Gasteiger partial charge in [0.1, 0.15) is 5.75 Å². The molecule has 0 unspecified atom stereocenters. The number of fused-ring (bicyclic) bond motifs is 1. The average Bonchev–Trinajstić information content (AvgIpc) is 2.63. The van der Waals surface area contributed by atoms with Crippen LogP contribution in [0.3, 0.4) is 0 Å². The Hall–Kier alpha value is -2.95.